The maximum Gasteiger partial charge on any atom is 0.196 e. The van der Waals surface area contributed by atoms with Crippen molar-refractivity contribution in [2.45, 2.75) is 25.0 Å². The maximum absolute atomic E-state index is 5.81. The van der Waals surface area contributed by atoms with Crippen LogP contribution in [0.5, 0.6) is 0 Å². The van der Waals surface area contributed by atoms with Gasteiger partial charge in [0.25, 0.3) is 0 Å². The molecule has 3 aliphatic rings. The van der Waals surface area contributed by atoms with Gasteiger partial charge in [0.1, 0.15) is 0 Å². The van der Waals surface area contributed by atoms with Crippen molar-refractivity contribution in [1.29, 1.82) is 0 Å². The topological polar surface area (TPSA) is 28.1 Å². The summed E-state index contributed by atoms with van der Waals surface area (Å²) in [4.78, 5) is 9.21. The van der Waals surface area contributed by atoms with Gasteiger partial charge >= 0.3 is 0 Å². The van der Waals surface area contributed by atoms with Crippen LogP contribution in [0.2, 0.25) is 0 Å². The van der Waals surface area contributed by atoms with Crippen LogP contribution in [0.15, 0.2) is 4.99 Å². The largest absolute Gasteiger partial charge is 0.371 e. The van der Waals surface area contributed by atoms with Gasteiger partial charge in [-0.25, -0.2) is 0 Å². The van der Waals surface area contributed by atoms with E-state index in [0.29, 0.717) is 12.2 Å². The lowest BCUT2D eigenvalue weighted by molar-refractivity contribution is -0.0183. The second-order valence-electron chi connectivity index (χ2n) is 4.47. The molecule has 3 aliphatic heterocycles. The maximum atomic E-state index is 5.81. The molecule has 14 heavy (non-hydrogen) atoms. The summed E-state index contributed by atoms with van der Waals surface area (Å²) in [5, 5.41) is 0. The van der Waals surface area contributed by atoms with Gasteiger partial charge in [-0.05, 0) is 12.8 Å². The Kier molecular flexibility index (Phi) is 1.90. The number of hydrogen-bond donors (Lipinski definition) is 0. The number of nitrogens with zero attached hydrogens (tertiary/aromatic N) is 3. The van der Waals surface area contributed by atoms with Gasteiger partial charge in [0.15, 0.2) is 5.96 Å². The van der Waals surface area contributed by atoms with E-state index in [1.165, 1.54) is 18.8 Å². The number of likely N-dealkylation sites (N-methyl/N-ethyl adjacent to an activating group) is 1. The van der Waals surface area contributed by atoms with Crippen LogP contribution in [-0.2, 0) is 4.74 Å². The predicted octanol–water partition coefficient (Wildman–Crippen LogP) is 0.151. The molecule has 4 nitrogen and oxygen atoms in total. The van der Waals surface area contributed by atoms with Gasteiger partial charge < -0.3 is 14.5 Å². The zero-order valence-electron chi connectivity index (χ0n) is 8.65. The van der Waals surface area contributed by atoms with Crippen molar-refractivity contribution in [2.75, 3.05) is 33.2 Å². The second kappa shape index (κ2) is 3.12. The van der Waals surface area contributed by atoms with Crippen molar-refractivity contribution in [1.82, 2.24) is 9.80 Å². The van der Waals surface area contributed by atoms with E-state index in [9.17, 15) is 0 Å². The summed E-state index contributed by atoms with van der Waals surface area (Å²) in [5.74, 6) is 1.19. The van der Waals surface area contributed by atoms with E-state index in [1.54, 1.807) is 0 Å². The SMILES string of the molecule is CN1CCN=C1N1CC2CCC(C1)O2. The first-order chi connectivity index (χ1) is 6.83. The fourth-order valence-corrected chi connectivity index (χ4v) is 2.64. The van der Waals surface area contributed by atoms with Crippen molar-refractivity contribution in [3.8, 4) is 0 Å². The van der Waals surface area contributed by atoms with E-state index in [2.05, 4.69) is 21.8 Å². The molecule has 3 rings (SSSR count). The molecule has 2 bridgehead atoms. The average molecular weight is 195 g/mol. The monoisotopic (exact) mass is 195 g/mol. The van der Waals surface area contributed by atoms with E-state index in [-0.39, 0.29) is 0 Å². The Morgan fingerprint density at radius 1 is 1.29 bits per heavy atom. The van der Waals surface area contributed by atoms with E-state index < -0.39 is 0 Å². The number of hydrogen-bond acceptors (Lipinski definition) is 4. The number of guanidine groups is 1. The van der Waals surface area contributed by atoms with Gasteiger partial charge in [-0.3, -0.25) is 4.99 Å². The Hall–Kier alpha value is -0.770. The fraction of sp³-hybridized carbons (Fsp3) is 0.900. The van der Waals surface area contributed by atoms with Crippen LogP contribution in [0, 0.1) is 0 Å². The lowest BCUT2D eigenvalue weighted by Crippen LogP contribution is -2.49. The van der Waals surface area contributed by atoms with Crippen molar-refractivity contribution < 1.29 is 4.74 Å². The fourth-order valence-electron chi connectivity index (χ4n) is 2.64. The standard InChI is InChI=1S/C10H17N3O/c1-12-5-4-11-10(12)13-6-8-2-3-9(7-13)14-8/h8-9H,2-7H2,1H3. The smallest absolute Gasteiger partial charge is 0.196 e. The molecule has 3 heterocycles. The molecule has 0 saturated carbocycles. The van der Waals surface area contributed by atoms with Gasteiger partial charge in [-0.15, -0.1) is 0 Å². The summed E-state index contributed by atoms with van der Waals surface area (Å²) in [7, 11) is 2.13. The first-order valence-electron chi connectivity index (χ1n) is 5.49. The van der Waals surface area contributed by atoms with Crippen molar-refractivity contribution in [2.24, 2.45) is 4.99 Å². The quantitative estimate of drug-likeness (QED) is 0.551. The van der Waals surface area contributed by atoms with Crippen LogP contribution in [-0.4, -0.2) is 61.2 Å². The normalized spacial score (nSPS) is 36.5. The van der Waals surface area contributed by atoms with Gasteiger partial charge in [0.05, 0.1) is 18.8 Å². The van der Waals surface area contributed by atoms with Crippen molar-refractivity contribution in [3.05, 3.63) is 0 Å². The minimum absolute atomic E-state index is 0.463. The number of likely N-dealkylation sites (tertiary alicyclic amines) is 1. The molecule has 0 radical (unpaired) electrons. The van der Waals surface area contributed by atoms with Crippen LogP contribution in [0.1, 0.15) is 12.8 Å². The molecule has 0 aromatic heterocycles. The molecule has 0 aromatic carbocycles. The van der Waals surface area contributed by atoms with Crippen LogP contribution >= 0.6 is 0 Å². The van der Waals surface area contributed by atoms with Crippen LogP contribution < -0.4 is 0 Å². The van der Waals surface area contributed by atoms with Crippen molar-refractivity contribution in [3.63, 3.8) is 0 Å². The molecular weight excluding hydrogens is 178 g/mol. The highest BCUT2D eigenvalue weighted by molar-refractivity contribution is 5.81. The number of fused-ring (bicyclic) bond motifs is 2. The first-order valence-corrected chi connectivity index (χ1v) is 5.49. The zero-order chi connectivity index (χ0) is 9.54. The molecule has 4 heteroatoms. The number of aliphatic imine (C=N–C) groups is 1. The van der Waals surface area contributed by atoms with Crippen LogP contribution in [0.4, 0.5) is 0 Å². The van der Waals surface area contributed by atoms with Crippen LogP contribution in [0.25, 0.3) is 0 Å². The lowest BCUT2D eigenvalue weighted by atomic mass is 10.2. The van der Waals surface area contributed by atoms with Crippen LogP contribution in [0.3, 0.4) is 0 Å². The molecule has 2 saturated heterocycles. The average Bonchev–Trinajstić information content (AvgIpc) is 2.73. The molecule has 2 unspecified atom stereocenters. The summed E-state index contributed by atoms with van der Waals surface area (Å²) in [6.45, 7) is 4.11. The van der Waals surface area contributed by atoms with Gasteiger partial charge in [-0.2, -0.15) is 0 Å². The Labute approximate surface area is 84.5 Å². The summed E-state index contributed by atoms with van der Waals surface area (Å²) in [6.07, 6.45) is 3.40. The Morgan fingerprint density at radius 2 is 2.00 bits per heavy atom. The minimum Gasteiger partial charge on any atom is -0.371 e. The third kappa shape index (κ3) is 1.29. The molecule has 0 aromatic rings. The predicted molar refractivity (Wildman–Crippen MR) is 54.4 cm³/mol. The highest BCUT2D eigenvalue weighted by atomic mass is 16.5. The van der Waals surface area contributed by atoms with E-state index in [0.717, 1.165) is 26.2 Å². The van der Waals surface area contributed by atoms with Gasteiger partial charge in [-0.1, -0.05) is 0 Å². The summed E-state index contributed by atoms with van der Waals surface area (Å²) in [5.41, 5.74) is 0. The molecule has 78 valence electrons. The lowest BCUT2D eigenvalue weighted by Gasteiger charge is -2.35. The highest BCUT2D eigenvalue weighted by Crippen LogP contribution is 2.27. The molecule has 0 spiro atoms. The molecule has 0 N–H and O–H groups in total. The summed E-state index contributed by atoms with van der Waals surface area (Å²) >= 11 is 0. The molecule has 0 aliphatic carbocycles. The van der Waals surface area contributed by atoms with E-state index in [4.69, 9.17) is 4.74 Å². The first kappa shape index (κ1) is 8.53. The molecule has 2 fully saturated rings. The Balaban J connectivity index is 1.74. The molecular formula is C10H17N3O. The zero-order valence-corrected chi connectivity index (χ0v) is 8.65. The third-order valence-electron chi connectivity index (χ3n) is 3.36. The third-order valence-corrected chi connectivity index (χ3v) is 3.36. The van der Waals surface area contributed by atoms with E-state index in [1.807, 2.05) is 0 Å². The highest BCUT2D eigenvalue weighted by Gasteiger charge is 2.36. The van der Waals surface area contributed by atoms with Gasteiger partial charge in [0, 0.05) is 26.7 Å². The van der Waals surface area contributed by atoms with Gasteiger partial charge in [0.2, 0.25) is 0 Å². The summed E-state index contributed by atoms with van der Waals surface area (Å²) in [6, 6.07) is 0. The number of morpholine rings is 1. The summed E-state index contributed by atoms with van der Waals surface area (Å²) < 4.78 is 5.81. The minimum atomic E-state index is 0.463. The Bertz CT molecular complexity index is 254. The Morgan fingerprint density at radius 3 is 2.57 bits per heavy atom. The molecule has 2 atom stereocenters. The van der Waals surface area contributed by atoms with E-state index >= 15 is 0 Å². The molecule has 0 amide bonds. The second-order valence-corrected chi connectivity index (χ2v) is 4.47. The number of rotatable bonds is 0. The van der Waals surface area contributed by atoms with Crippen molar-refractivity contribution >= 4 is 5.96 Å². The number of ether oxygens (including phenoxy) is 1.